The van der Waals surface area contributed by atoms with E-state index in [4.69, 9.17) is 17.2 Å². The van der Waals surface area contributed by atoms with E-state index in [0.717, 1.165) is 32.7 Å². The van der Waals surface area contributed by atoms with Gasteiger partial charge in [0.25, 0.3) is 0 Å². The van der Waals surface area contributed by atoms with Crippen molar-refractivity contribution in [3.63, 3.8) is 0 Å². The fourth-order valence-corrected chi connectivity index (χ4v) is 1.16. The predicted octanol–water partition coefficient (Wildman–Crippen LogP) is -1.48. The monoisotopic (exact) mass is 289 g/mol. The van der Waals surface area contributed by atoms with Crippen molar-refractivity contribution in [2.45, 2.75) is 0 Å². The van der Waals surface area contributed by atoms with Gasteiger partial charge in [-0.25, -0.2) is 0 Å². The summed E-state index contributed by atoms with van der Waals surface area (Å²) >= 11 is 0. The molecule has 18 heavy (non-hydrogen) atoms. The van der Waals surface area contributed by atoms with E-state index in [1.807, 2.05) is 0 Å². The lowest BCUT2D eigenvalue weighted by Gasteiger charge is -2.20. The molecule has 0 aromatic heterocycles. The van der Waals surface area contributed by atoms with Crippen molar-refractivity contribution in [1.29, 1.82) is 0 Å². The van der Waals surface area contributed by atoms with Crippen LogP contribution in [0.4, 0.5) is 23.5 Å². The van der Waals surface area contributed by atoms with Crippen molar-refractivity contribution in [3.8, 4) is 0 Å². The van der Waals surface area contributed by atoms with Crippen LogP contribution in [0.1, 0.15) is 0 Å². The number of rotatable bonds is 9. The van der Waals surface area contributed by atoms with Crippen LogP contribution in [0.3, 0.4) is 0 Å². The summed E-state index contributed by atoms with van der Waals surface area (Å²) in [5.74, 6) is 0. The third-order valence-electron chi connectivity index (χ3n) is 1.82. The summed E-state index contributed by atoms with van der Waals surface area (Å²) in [6.45, 7) is 6.73. The van der Waals surface area contributed by atoms with Gasteiger partial charge < -0.3 is 22.5 Å². The zero-order valence-corrected chi connectivity index (χ0v) is 10.4. The van der Waals surface area contributed by atoms with Crippen LogP contribution in [-0.2, 0) is 0 Å². The zero-order chi connectivity index (χ0) is 9.94. The Bertz CT molecular complexity index is 108. The molecule has 0 heterocycles. The van der Waals surface area contributed by atoms with Crippen molar-refractivity contribution in [2.75, 3.05) is 52.4 Å². The number of nitrogens with two attached hydrogens (primary N) is 3. The van der Waals surface area contributed by atoms with Gasteiger partial charge in [-0.1, -0.05) is 0 Å². The van der Waals surface area contributed by atoms with Crippen LogP contribution in [0.2, 0.25) is 0 Å². The van der Waals surface area contributed by atoms with Crippen LogP contribution < -0.4 is 22.5 Å². The smallest absolute Gasteiger partial charge is 0.0108 e. The summed E-state index contributed by atoms with van der Waals surface area (Å²) < 4.78 is 0. The first-order valence-electron chi connectivity index (χ1n) is 4.88. The zero-order valence-electron chi connectivity index (χ0n) is 10.4. The average Bonchev–Trinajstić information content (AvgIpc) is 2.13. The maximum atomic E-state index is 5.47. The van der Waals surface area contributed by atoms with Gasteiger partial charge in [0.15, 0.2) is 0 Å². The Morgan fingerprint density at radius 3 is 1.39 bits per heavy atom. The van der Waals surface area contributed by atoms with E-state index in [0.29, 0.717) is 19.6 Å². The molecule has 0 aliphatic heterocycles. The molecule has 0 aromatic carbocycles. The van der Waals surface area contributed by atoms with E-state index in [1.165, 1.54) is 0 Å². The number of nitrogens with one attached hydrogen (secondary N) is 1. The molecule has 0 spiro atoms. The normalized spacial score (nSPS) is 8.00. The Morgan fingerprint density at radius 2 is 1.06 bits per heavy atom. The van der Waals surface area contributed by atoms with E-state index in [1.54, 1.807) is 0 Å². The van der Waals surface area contributed by atoms with E-state index < -0.39 is 0 Å². The largest absolute Gasteiger partial charge is 0.329 e. The van der Waals surface area contributed by atoms with Crippen LogP contribution in [0, 0.1) is 0 Å². The first-order valence-corrected chi connectivity index (χ1v) is 4.88. The molecule has 120 valence electrons. The van der Waals surface area contributed by atoms with Crippen molar-refractivity contribution in [2.24, 2.45) is 17.2 Å². The molecule has 0 rings (SSSR count). The molecule has 0 radical (unpaired) electrons. The Hall–Kier alpha value is -0.550. The lowest BCUT2D eigenvalue weighted by molar-refractivity contribution is 0.288. The molecular formula is C8H28F5N5. The maximum absolute atomic E-state index is 5.47. The number of halogens is 5. The number of nitrogens with zero attached hydrogens (tertiary/aromatic N) is 1. The second-order valence-corrected chi connectivity index (χ2v) is 2.96. The standard InChI is InChI=1S/C8H23N5.5FH/c9-1-4-12-5-8-13(6-2-10)7-3-11;;;;;/h12H,1-11H2;5*1H. The Kier molecular flexibility index (Phi) is 59.9. The van der Waals surface area contributed by atoms with Crippen molar-refractivity contribution >= 4 is 0 Å². The van der Waals surface area contributed by atoms with Gasteiger partial charge in [0, 0.05) is 52.4 Å². The lowest BCUT2D eigenvalue weighted by atomic mass is 10.4. The molecule has 0 saturated carbocycles. The molecule has 0 unspecified atom stereocenters. The molecule has 0 atom stereocenters. The second-order valence-electron chi connectivity index (χ2n) is 2.96. The highest BCUT2D eigenvalue weighted by molar-refractivity contribution is 4.60. The summed E-state index contributed by atoms with van der Waals surface area (Å²) in [6.07, 6.45) is 0. The average molecular weight is 289 g/mol. The third-order valence-corrected chi connectivity index (χ3v) is 1.82. The van der Waals surface area contributed by atoms with Gasteiger partial charge in [-0.15, -0.1) is 0 Å². The number of hydrogen-bond acceptors (Lipinski definition) is 5. The molecule has 10 heteroatoms. The summed E-state index contributed by atoms with van der Waals surface area (Å²) in [7, 11) is 0. The Labute approximate surface area is 104 Å². The third kappa shape index (κ3) is 24.6. The fraction of sp³-hybridized carbons (Fsp3) is 1.00. The van der Waals surface area contributed by atoms with Crippen LogP contribution in [0.25, 0.3) is 0 Å². The molecule has 7 N–H and O–H groups in total. The van der Waals surface area contributed by atoms with E-state index in [2.05, 4.69) is 10.2 Å². The highest BCUT2D eigenvalue weighted by Crippen LogP contribution is 1.83. The minimum atomic E-state index is 0. The van der Waals surface area contributed by atoms with E-state index in [9.17, 15) is 0 Å². The van der Waals surface area contributed by atoms with Crippen LogP contribution in [-0.4, -0.2) is 57.3 Å². The minimum absolute atomic E-state index is 0. The summed E-state index contributed by atoms with van der Waals surface area (Å²) in [5.41, 5.74) is 16.3. The first kappa shape index (κ1) is 36.0. The Balaban J connectivity index is -0.0000000720. The minimum Gasteiger partial charge on any atom is -0.329 e. The van der Waals surface area contributed by atoms with Crippen LogP contribution in [0.15, 0.2) is 0 Å². The lowest BCUT2D eigenvalue weighted by Crippen LogP contribution is -2.39. The molecule has 0 fully saturated rings. The van der Waals surface area contributed by atoms with Gasteiger partial charge in [0.05, 0.1) is 0 Å². The van der Waals surface area contributed by atoms with Crippen LogP contribution >= 0.6 is 0 Å². The molecular weight excluding hydrogens is 261 g/mol. The van der Waals surface area contributed by atoms with Gasteiger partial charge in [0.1, 0.15) is 0 Å². The first-order chi connectivity index (χ1) is 6.35. The fourth-order valence-electron chi connectivity index (χ4n) is 1.16. The van der Waals surface area contributed by atoms with Gasteiger partial charge in [0.2, 0.25) is 0 Å². The van der Waals surface area contributed by atoms with E-state index >= 15 is 0 Å². The van der Waals surface area contributed by atoms with E-state index in [-0.39, 0.29) is 23.5 Å². The topological polar surface area (TPSA) is 93.3 Å². The Morgan fingerprint density at radius 1 is 0.611 bits per heavy atom. The van der Waals surface area contributed by atoms with Crippen molar-refractivity contribution in [1.82, 2.24) is 10.2 Å². The quantitative estimate of drug-likeness (QED) is 0.307. The maximum Gasteiger partial charge on any atom is 0.0108 e. The molecule has 5 nitrogen and oxygen atoms in total. The highest BCUT2D eigenvalue weighted by atomic mass is 19.0. The molecule has 0 amide bonds. The SMILES string of the molecule is F.F.F.F.F.NCCNCCN(CCN)CCN. The van der Waals surface area contributed by atoms with Crippen molar-refractivity contribution in [3.05, 3.63) is 0 Å². The molecule has 0 bridgehead atoms. The molecule has 0 saturated heterocycles. The summed E-state index contributed by atoms with van der Waals surface area (Å²) in [6, 6.07) is 0. The van der Waals surface area contributed by atoms with Crippen LogP contribution in [0.5, 0.6) is 0 Å². The summed E-state index contributed by atoms with van der Waals surface area (Å²) in [4.78, 5) is 2.25. The van der Waals surface area contributed by atoms with Crippen molar-refractivity contribution < 1.29 is 23.5 Å². The van der Waals surface area contributed by atoms with Gasteiger partial charge in [-0.05, 0) is 0 Å². The van der Waals surface area contributed by atoms with Gasteiger partial charge in [-0.2, -0.15) is 0 Å². The number of hydrogen-bond donors (Lipinski definition) is 4. The summed E-state index contributed by atoms with van der Waals surface area (Å²) in [5, 5.41) is 3.23. The predicted molar refractivity (Wildman–Crippen MR) is 69.0 cm³/mol. The molecule has 0 aromatic rings. The molecule has 0 aliphatic rings. The van der Waals surface area contributed by atoms with Gasteiger partial charge in [-0.3, -0.25) is 28.4 Å². The second kappa shape index (κ2) is 30.0. The van der Waals surface area contributed by atoms with Gasteiger partial charge >= 0.3 is 0 Å². The highest BCUT2D eigenvalue weighted by Gasteiger charge is 2.00. The molecule has 0 aliphatic carbocycles.